The van der Waals surface area contributed by atoms with E-state index in [9.17, 15) is 13.2 Å². The smallest absolute Gasteiger partial charge is 0.416 e. The number of aliphatic imine (C=N–C) groups is 1. The second-order valence-electron chi connectivity index (χ2n) is 4.71. The summed E-state index contributed by atoms with van der Waals surface area (Å²) >= 11 is 4.43. The molecule has 1 aromatic carbocycles. The van der Waals surface area contributed by atoms with Gasteiger partial charge in [-0.05, 0) is 37.8 Å². The van der Waals surface area contributed by atoms with Crippen LogP contribution in [0, 0.1) is 0 Å². The Morgan fingerprint density at radius 3 is 2.70 bits per heavy atom. The van der Waals surface area contributed by atoms with Gasteiger partial charge in [-0.2, -0.15) is 18.2 Å². The second-order valence-corrected chi connectivity index (χ2v) is 4.89. The van der Waals surface area contributed by atoms with Gasteiger partial charge in [0, 0.05) is 19.2 Å². The fourth-order valence-corrected chi connectivity index (χ4v) is 2.22. The van der Waals surface area contributed by atoms with E-state index in [-0.39, 0.29) is 17.5 Å². The molecule has 1 aliphatic heterocycles. The second kappa shape index (κ2) is 5.91. The third-order valence-corrected chi connectivity index (χ3v) is 3.14. The zero-order valence-corrected chi connectivity index (χ0v) is 11.6. The summed E-state index contributed by atoms with van der Waals surface area (Å²) in [5.41, 5.74) is -0.707. The minimum absolute atomic E-state index is 0.0937. The number of hydrogen-bond donors (Lipinski definition) is 0. The van der Waals surface area contributed by atoms with Crippen molar-refractivity contribution in [2.75, 3.05) is 20.1 Å². The Labute approximate surface area is 120 Å². The van der Waals surface area contributed by atoms with Crippen LogP contribution in [0.5, 0.6) is 5.75 Å². The third-order valence-electron chi connectivity index (χ3n) is 3.04. The van der Waals surface area contributed by atoms with Crippen molar-refractivity contribution in [2.45, 2.75) is 18.7 Å². The molecule has 2 rings (SSSR count). The molecule has 1 aliphatic rings. The highest BCUT2D eigenvalue weighted by Crippen LogP contribution is 2.35. The van der Waals surface area contributed by atoms with Crippen LogP contribution in [-0.4, -0.2) is 36.3 Å². The van der Waals surface area contributed by atoms with Crippen LogP contribution in [0.3, 0.4) is 0 Å². The SMILES string of the molecule is CN1CC[C@H](Oc2cc(N=C=S)cc(C(F)(F)F)c2)C1. The van der Waals surface area contributed by atoms with Crippen LogP contribution in [0.15, 0.2) is 23.2 Å². The highest BCUT2D eigenvalue weighted by Gasteiger charge is 2.32. The highest BCUT2D eigenvalue weighted by molar-refractivity contribution is 7.78. The summed E-state index contributed by atoms with van der Waals surface area (Å²) in [4.78, 5) is 5.67. The van der Waals surface area contributed by atoms with Gasteiger partial charge in [-0.3, -0.25) is 0 Å². The lowest BCUT2D eigenvalue weighted by atomic mass is 10.2. The van der Waals surface area contributed by atoms with Crippen LogP contribution < -0.4 is 4.74 Å². The molecule has 1 fully saturated rings. The Bertz CT molecular complexity index is 541. The summed E-state index contributed by atoms with van der Waals surface area (Å²) in [5, 5.41) is 2.07. The Balaban J connectivity index is 2.27. The Morgan fingerprint density at radius 2 is 2.15 bits per heavy atom. The van der Waals surface area contributed by atoms with Crippen molar-refractivity contribution in [1.82, 2.24) is 4.90 Å². The number of halogens is 3. The Kier molecular flexibility index (Phi) is 4.42. The summed E-state index contributed by atoms with van der Waals surface area (Å²) in [6.07, 6.45) is -3.76. The molecule has 0 N–H and O–H groups in total. The zero-order valence-electron chi connectivity index (χ0n) is 10.8. The first-order valence-corrected chi connectivity index (χ1v) is 6.44. The fraction of sp³-hybridized carbons (Fsp3) is 0.462. The summed E-state index contributed by atoms with van der Waals surface area (Å²) in [7, 11) is 1.94. The Hall–Kier alpha value is -1.43. The molecule has 0 radical (unpaired) electrons. The average molecular weight is 302 g/mol. The summed E-state index contributed by atoms with van der Waals surface area (Å²) < 4.78 is 44.0. The van der Waals surface area contributed by atoms with Crippen molar-refractivity contribution < 1.29 is 17.9 Å². The van der Waals surface area contributed by atoms with Gasteiger partial charge in [0.1, 0.15) is 11.9 Å². The number of nitrogens with zero attached hydrogens (tertiary/aromatic N) is 2. The van der Waals surface area contributed by atoms with Crippen molar-refractivity contribution in [3.05, 3.63) is 23.8 Å². The highest BCUT2D eigenvalue weighted by atomic mass is 32.1. The number of ether oxygens (including phenoxy) is 1. The van der Waals surface area contributed by atoms with Gasteiger partial charge >= 0.3 is 6.18 Å². The van der Waals surface area contributed by atoms with Crippen molar-refractivity contribution >= 4 is 23.1 Å². The maximum absolute atomic E-state index is 12.8. The maximum Gasteiger partial charge on any atom is 0.416 e. The quantitative estimate of drug-likeness (QED) is 0.631. The zero-order chi connectivity index (χ0) is 14.8. The minimum atomic E-state index is -4.45. The molecule has 1 atom stereocenters. The molecule has 0 bridgehead atoms. The van der Waals surface area contributed by atoms with Crippen LogP contribution in [0.4, 0.5) is 18.9 Å². The molecule has 20 heavy (non-hydrogen) atoms. The van der Waals surface area contributed by atoms with E-state index in [1.165, 1.54) is 6.07 Å². The summed E-state index contributed by atoms with van der Waals surface area (Å²) in [6, 6.07) is 3.35. The molecular formula is C13H13F3N2OS. The van der Waals surface area contributed by atoms with Gasteiger partial charge in [-0.15, -0.1) is 0 Å². The van der Waals surface area contributed by atoms with E-state index in [4.69, 9.17) is 4.74 Å². The maximum atomic E-state index is 12.8. The number of rotatable bonds is 3. The number of isothiocyanates is 1. The first kappa shape index (κ1) is 15.0. The van der Waals surface area contributed by atoms with Gasteiger partial charge in [-0.1, -0.05) is 0 Å². The molecule has 7 heteroatoms. The van der Waals surface area contributed by atoms with E-state index in [1.54, 1.807) is 0 Å². The van der Waals surface area contributed by atoms with Crippen molar-refractivity contribution in [3.8, 4) is 5.75 Å². The molecule has 0 spiro atoms. The third kappa shape index (κ3) is 3.79. The number of alkyl halides is 3. The van der Waals surface area contributed by atoms with Gasteiger partial charge in [0.25, 0.3) is 0 Å². The molecule has 108 valence electrons. The van der Waals surface area contributed by atoms with Crippen LogP contribution in [-0.2, 0) is 6.18 Å². The van der Waals surface area contributed by atoms with Gasteiger partial charge in [0.2, 0.25) is 0 Å². The molecule has 1 saturated heterocycles. The predicted octanol–water partition coefficient (Wildman–Crippen LogP) is 3.52. The minimum Gasteiger partial charge on any atom is -0.489 e. The summed E-state index contributed by atoms with van der Waals surface area (Å²) in [5.74, 6) is 0.157. The topological polar surface area (TPSA) is 24.8 Å². The van der Waals surface area contributed by atoms with E-state index in [0.717, 1.165) is 25.1 Å². The first-order valence-electron chi connectivity index (χ1n) is 6.04. The van der Waals surface area contributed by atoms with Gasteiger partial charge < -0.3 is 9.64 Å². The Morgan fingerprint density at radius 1 is 1.40 bits per heavy atom. The molecule has 1 aromatic rings. The number of hydrogen-bond acceptors (Lipinski definition) is 4. The molecule has 0 aliphatic carbocycles. The largest absolute Gasteiger partial charge is 0.489 e. The number of likely N-dealkylation sites (N-methyl/N-ethyl adjacent to an activating group) is 1. The first-order chi connectivity index (χ1) is 9.38. The normalized spacial score (nSPS) is 19.7. The molecule has 3 nitrogen and oxygen atoms in total. The molecule has 0 unspecified atom stereocenters. The van der Waals surface area contributed by atoms with E-state index in [2.05, 4.69) is 27.3 Å². The monoisotopic (exact) mass is 302 g/mol. The van der Waals surface area contributed by atoms with Gasteiger partial charge in [0.05, 0.1) is 16.4 Å². The van der Waals surface area contributed by atoms with Crippen LogP contribution >= 0.6 is 12.2 Å². The molecule has 0 amide bonds. The number of benzene rings is 1. The van der Waals surface area contributed by atoms with Gasteiger partial charge in [-0.25, -0.2) is 0 Å². The standard InChI is InChI=1S/C13H13F3N2OS/c1-18-3-2-11(7-18)19-12-5-9(13(14,15)16)4-10(6-12)17-8-20/h4-6,11H,2-3,7H2,1H3/t11-/m0/s1. The van der Waals surface area contributed by atoms with Crippen LogP contribution in [0.1, 0.15) is 12.0 Å². The number of likely N-dealkylation sites (tertiary alicyclic amines) is 1. The van der Waals surface area contributed by atoms with E-state index >= 15 is 0 Å². The van der Waals surface area contributed by atoms with Crippen molar-refractivity contribution in [3.63, 3.8) is 0 Å². The predicted molar refractivity (Wildman–Crippen MR) is 72.7 cm³/mol. The number of thiocarbonyl (C=S) groups is 1. The lowest BCUT2D eigenvalue weighted by molar-refractivity contribution is -0.137. The van der Waals surface area contributed by atoms with Gasteiger partial charge in [0.15, 0.2) is 0 Å². The van der Waals surface area contributed by atoms with Crippen molar-refractivity contribution in [2.24, 2.45) is 4.99 Å². The lowest BCUT2D eigenvalue weighted by Gasteiger charge is -2.16. The van der Waals surface area contributed by atoms with E-state index < -0.39 is 11.7 Å². The molecule has 0 aromatic heterocycles. The fourth-order valence-electron chi connectivity index (χ4n) is 2.12. The van der Waals surface area contributed by atoms with Crippen LogP contribution in [0.2, 0.25) is 0 Å². The average Bonchev–Trinajstić information content (AvgIpc) is 2.74. The lowest BCUT2D eigenvalue weighted by Crippen LogP contribution is -2.21. The molecule has 1 heterocycles. The van der Waals surface area contributed by atoms with Crippen LogP contribution in [0.25, 0.3) is 0 Å². The molecule has 0 saturated carbocycles. The van der Waals surface area contributed by atoms with E-state index in [0.29, 0.717) is 6.54 Å². The van der Waals surface area contributed by atoms with E-state index in [1.807, 2.05) is 7.05 Å². The molecular weight excluding hydrogens is 289 g/mol. The summed E-state index contributed by atoms with van der Waals surface area (Å²) in [6.45, 7) is 1.57. The van der Waals surface area contributed by atoms with Crippen molar-refractivity contribution in [1.29, 1.82) is 0 Å².